The highest BCUT2D eigenvalue weighted by Crippen LogP contribution is 2.44. The number of nitro groups is 1. The Morgan fingerprint density at radius 1 is 0.637 bits per heavy atom. The van der Waals surface area contributed by atoms with Crippen LogP contribution in [0.25, 0.3) is 11.1 Å². The van der Waals surface area contributed by atoms with E-state index in [1.54, 1.807) is 93.5 Å². The van der Waals surface area contributed by atoms with Crippen molar-refractivity contribution < 1.29 is 91.0 Å². The molecule has 11 N–H and O–H groups in total. The molecule has 1 aliphatic carbocycles. The summed E-state index contributed by atoms with van der Waals surface area (Å²) in [5.41, 5.74) is 8.48. The summed E-state index contributed by atoms with van der Waals surface area (Å²) in [7, 11) is 0. The van der Waals surface area contributed by atoms with E-state index in [0.29, 0.717) is 17.9 Å². The molecule has 4 aromatic rings. The zero-order valence-electron chi connectivity index (χ0n) is 65.8. The van der Waals surface area contributed by atoms with Crippen LogP contribution in [0.15, 0.2) is 107 Å². The summed E-state index contributed by atoms with van der Waals surface area (Å²) in [6.45, 7) is 17.9. The number of fused-ring (bicyclic) bond motifs is 3. The van der Waals surface area contributed by atoms with E-state index >= 15 is 0 Å². The van der Waals surface area contributed by atoms with Crippen LogP contribution in [-0.4, -0.2) is 217 Å². The van der Waals surface area contributed by atoms with Crippen LogP contribution in [0.4, 0.5) is 32.3 Å². The number of hydrogen-bond donors (Lipinski definition) is 10. The average Bonchev–Trinajstić information content (AvgIpc) is 1.36. The van der Waals surface area contributed by atoms with E-state index in [1.165, 1.54) is 36.1 Å². The lowest BCUT2D eigenvalue weighted by Gasteiger charge is -2.28. The Bertz CT molecular complexity index is 4080. The molecule has 6 rings (SSSR count). The molecule has 4 aromatic carbocycles. The monoisotopic (exact) mass is 1570 g/mol. The molecule has 2 aliphatic rings. The third-order valence-electron chi connectivity index (χ3n) is 17.6. The molecular weight excluding hydrogens is 1470 g/mol. The van der Waals surface area contributed by atoms with Crippen LogP contribution < -0.4 is 58.5 Å². The number of benzene rings is 4. The van der Waals surface area contributed by atoms with Gasteiger partial charge in [0.1, 0.15) is 66.7 Å². The minimum absolute atomic E-state index is 0.0321. The first-order valence-electron chi connectivity index (χ1n) is 37.1. The first-order chi connectivity index (χ1) is 53.2. The maximum atomic E-state index is 14.3. The highest BCUT2D eigenvalue weighted by Gasteiger charge is 2.42. The van der Waals surface area contributed by atoms with Crippen LogP contribution in [0.1, 0.15) is 133 Å². The van der Waals surface area contributed by atoms with Gasteiger partial charge in [0.05, 0.1) is 42.5 Å². The number of nitrogens with one attached hydrogen (secondary N) is 9. The molecule has 113 heavy (non-hydrogen) atoms. The number of carbonyl (C=O) groups excluding carboxylic acids is 14. The minimum atomic E-state index is -1.67. The predicted molar refractivity (Wildman–Crippen MR) is 411 cm³/mol. The van der Waals surface area contributed by atoms with Crippen LogP contribution in [0.3, 0.4) is 0 Å². The maximum Gasteiger partial charge on any atom is 0.410 e. The Labute approximate surface area is 654 Å². The molecule has 1 saturated heterocycles. The first-order valence-corrected chi connectivity index (χ1v) is 37.1. The predicted octanol–water partition coefficient (Wildman–Crippen LogP) is 4.25. The highest BCUT2D eigenvalue weighted by molar-refractivity contribution is 5.97. The SMILES string of the molecule is CCN(CCN(CC(=O)NCC(=O)N[C@H](C(=O)N[C@@H](CCC(=O)OC1C[C@@H](C(=O)NC[C@@H](NC(=O)[C@H](CC(C)C)NC(=O)OC(C)(C)C)C(=O)N[C@@H](C)C(=O)NCC(=O)NCC(N)=O)N(C(C)=O)C1)C(=O)OC(C)(C)C)C(C)C)C(=O)OCC1c2ccccc2-c2ccccc21)c1ccc(N=Nc2ccc([N+](=O)[O-])cc2)cc1. The smallest absolute Gasteiger partial charge is 0.410 e. The van der Waals surface area contributed by atoms with Gasteiger partial charge in [-0.25, -0.2) is 14.4 Å². The second-order valence-electron chi connectivity index (χ2n) is 29.9. The third kappa shape index (κ3) is 28.9. The van der Waals surface area contributed by atoms with Crippen molar-refractivity contribution in [2.75, 3.05) is 70.4 Å². The molecule has 1 fully saturated rings. The number of alkyl carbamates (subject to hydrolysis) is 1. The van der Waals surface area contributed by atoms with E-state index in [-0.39, 0.29) is 56.6 Å². The number of likely N-dealkylation sites (tertiary alicyclic amines) is 1. The molecule has 0 radical (unpaired) electrons. The van der Waals surface area contributed by atoms with Crippen LogP contribution >= 0.6 is 0 Å². The van der Waals surface area contributed by atoms with Crippen molar-refractivity contribution in [1.82, 2.24) is 57.7 Å². The Kier molecular flexibility index (Phi) is 33.2. The number of carbonyl (C=O) groups is 14. The summed E-state index contributed by atoms with van der Waals surface area (Å²) in [4.78, 5) is 203. The van der Waals surface area contributed by atoms with Crippen molar-refractivity contribution in [3.8, 4) is 11.1 Å². The molecule has 0 spiro atoms. The van der Waals surface area contributed by atoms with Crippen molar-refractivity contribution in [2.45, 2.75) is 175 Å². The van der Waals surface area contributed by atoms with E-state index in [1.807, 2.05) is 60.4 Å². The lowest BCUT2D eigenvalue weighted by Crippen LogP contribution is -2.60. The average molecular weight is 1570 g/mol. The number of hydrogen-bond acceptors (Lipinski definition) is 23. The topological polar surface area (TPSA) is 488 Å². The van der Waals surface area contributed by atoms with Gasteiger partial charge in [0.2, 0.25) is 59.1 Å². The van der Waals surface area contributed by atoms with Crippen molar-refractivity contribution in [2.24, 2.45) is 27.8 Å². The third-order valence-corrected chi connectivity index (χ3v) is 17.6. The summed E-state index contributed by atoms with van der Waals surface area (Å²) in [5, 5.41) is 41.7. The number of anilines is 1. The fourth-order valence-electron chi connectivity index (χ4n) is 12.1. The molecule has 1 heterocycles. The summed E-state index contributed by atoms with van der Waals surface area (Å²) < 4.78 is 22.8. The number of ether oxygens (including phenoxy) is 4. The number of azo groups is 1. The van der Waals surface area contributed by atoms with Gasteiger partial charge in [-0.3, -0.25) is 67.8 Å². The largest absolute Gasteiger partial charge is 0.460 e. The lowest BCUT2D eigenvalue weighted by atomic mass is 9.98. The van der Waals surface area contributed by atoms with Gasteiger partial charge in [-0.2, -0.15) is 10.2 Å². The minimum Gasteiger partial charge on any atom is -0.460 e. The second-order valence-corrected chi connectivity index (χ2v) is 29.9. The molecule has 36 nitrogen and oxygen atoms in total. The van der Waals surface area contributed by atoms with Crippen LogP contribution in [0.2, 0.25) is 0 Å². The number of nitro benzene ring substituents is 1. The Hall–Kier alpha value is -12.1. The van der Waals surface area contributed by atoms with Gasteiger partial charge in [-0.1, -0.05) is 76.2 Å². The number of primary amides is 1. The van der Waals surface area contributed by atoms with Gasteiger partial charge >= 0.3 is 24.1 Å². The van der Waals surface area contributed by atoms with Crippen LogP contribution in [0.5, 0.6) is 0 Å². The number of amides is 12. The number of nitrogens with two attached hydrogens (primary N) is 1. The molecule has 0 aromatic heterocycles. The first kappa shape index (κ1) is 89.8. The zero-order chi connectivity index (χ0) is 83.6. The van der Waals surface area contributed by atoms with E-state index in [9.17, 15) is 77.2 Å². The number of non-ortho nitro benzene ring substituents is 1. The second kappa shape index (κ2) is 41.8. The fourth-order valence-corrected chi connectivity index (χ4v) is 12.1. The number of esters is 2. The normalized spacial score (nSPS) is 15.1. The van der Waals surface area contributed by atoms with E-state index < -0.39 is 193 Å². The molecular formula is C77H104N16O20. The maximum absolute atomic E-state index is 14.3. The van der Waals surface area contributed by atoms with Crippen molar-refractivity contribution in [1.29, 1.82) is 0 Å². The summed E-state index contributed by atoms with van der Waals surface area (Å²) in [5.74, 6) is -11.4. The standard InChI is InChI=1S/C77H104N16O20/c1-14-90(50-27-23-48(24-28-50)88-89-49-25-29-51(30-26-49)93(108)109)33-34-91(75(107)110-43-57-55-21-17-15-19-53(55)54-20-16-18-22-56(54)57)42-65(98)80-40-64(97)87-67(45(4)5)72(104)84-58(73(105)112-76(8,9)10)31-32-66(99)111-52-36-61(92(41-52)47(7)94)71(103)81-37-60(70(102)83-46(6)68(100)82-39-63(96)79-38-62(78)95)85-69(101)59(35-44(2)3)86-74(106)113-77(11,12)13/h15-30,44-46,52,57-61,67H,14,31-43H2,1-13H3,(H2,78,95)(H,79,96)(H,80,98)(H,81,103)(H,82,100)(H,83,102)(H,84,104)(H,85,101)(H,86,106)(H,87,97)/t46-,52?,58-,59-,60+,61-,67-/m0/s1. The van der Waals surface area contributed by atoms with Gasteiger partial charge in [-0.15, -0.1) is 0 Å². The molecule has 1 aliphatic heterocycles. The van der Waals surface area contributed by atoms with E-state index in [4.69, 9.17) is 24.7 Å². The Balaban J connectivity index is 1.09. The van der Waals surface area contributed by atoms with Gasteiger partial charge in [0.15, 0.2) is 0 Å². The quantitative estimate of drug-likeness (QED) is 0.00985. The summed E-state index contributed by atoms with van der Waals surface area (Å²) >= 11 is 0. The zero-order valence-corrected chi connectivity index (χ0v) is 65.8. The summed E-state index contributed by atoms with van der Waals surface area (Å²) in [6, 6.07) is 19.7. The van der Waals surface area contributed by atoms with E-state index in [0.717, 1.165) is 39.8 Å². The summed E-state index contributed by atoms with van der Waals surface area (Å²) in [6.07, 6.45) is -4.09. The van der Waals surface area contributed by atoms with Crippen molar-refractivity contribution >= 4 is 106 Å². The number of nitrogens with zero attached hydrogens (tertiary/aromatic N) is 6. The molecule has 36 heteroatoms. The van der Waals surface area contributed by atoms with Gasteiger partial charge in [0, 0.05) is 69.7 Å². The highest BCUT2D eigenvalue weighted by atomic mass is 16.6. The Morgan fingerprint density at radius 2 is 1.20 bits per heavy atom. The lowest BCUT2D eigenvalue weighted by molar-refractivity contribution is -0.384. The van der Waals surface area contributed by atoms with E-state index in [2.05, 4.69) is 58.1 Å². The molecule has 612 valence electrons. The molecule has 1 unspecified atom stereocenters. The van der Waals surface area contributed by atoms with Gasteiger partial charge in [-0.05, 0) is 139 Å². The van der Waals surface area contributed by atoms with Gasteiger partial charge in [0.25, 0.3) is 5.69 Å². The number of rotatable bonds is 38. The van der Waals surface area contributed by atoms with Crippen LogP contribution in [-0.2, 0) is 76.5 Å². The molecule has 0 saturated carbocycles. The molecule has 0 bridgehead atoms. The van der Waals surface area contributed by atoms with Crippen LogP contribution in [0, 0.1) is 22.0 Å². The molecule has 12 amide bonds. The fraction of sp³-hybridized carbons (Fsp3) is 0.506. The van der Waals surface area contributed by atoms with Crippen molar-refractivity contribution in [3.63, 3.8) is 0 Å². The van der Waals surface area contributed by atoms with Gasteiger partial charge < -0.3 is 82.3 Å². The Morgan fingerprint density at radius 3 is 1.76 bits per heavy atom. The van der Waals surface area contributed by atoms with Crippen molar-refractivity contribution in [3.05, 3.63) is 118 Å². The number of likely N-dealkylation sites (N-methyl/N-ethyl adjacent to an activating group) is 1. The molecule has 7 atom stereocenters.